The summed E-state index contributed by atoms with van der Waals surface area (Å²) in [7, 11) is 0. The Morgan fingerprint density at radius 2 is 1.92 bits per heavy atom. The second-order valence-corrected chi connectivity index (χ2v) is 8.49. The van der Waals surface area contributed by atoms with Gasteiger partial charge in [-0.15, -0.1) is 11.3 Å². The average molecular weight is 393 g/mol. The number of halogens is 1. The number of amides is 1. The van der Waals surface area contributed by atoms with E-state index in [1.54, 1.807) is 12.1 Å². The maximum absolute atomic E-state index is 12.7. The van der Waals surface area contributed by atoms with Gasteiger partial charge in [0.15, 0.2) is 0 Å². The molecule has 0 radical (unpaired) electrons. The van der Waals surface area contributed by atoms with Crippen LogP contribution in [0.4, 0.5) is 0 Å². The van der Waals surface area contributed by atoms with Crippen LogP contribution in [-0.2, 0) is 0 Å². The summed E-state index contributed by atoms with van der Waals surface area (Å²) in [5.41, 5.74) is 5.37. The predicted molar refractivity (Wildman–Crippen MR) is 110 cm³/mol. The molecule has 1 aromatic heterocycles. The largest absolute Gasteiger partial charge is 0.507 e. The standard InChI is InChI=1S/C20H25ClN2O2S/c1-6-16(17-7-8-18(21)26-17)22-23-20(25)15-10-13(11(2)3)9-14(12(4)5)19(15)24/h7-12,24H,6H2,1-5H3,(H,23,25). The molecule has 2 rings (SSSR count). The number of benzene rings is 1. The first-order valence-electron chi connectivity index (χ1n) is 8.73. The van der Waals surface area contributed by atoms with E-state index in [4.69, 9.17) is 11.6 Å². The molecule has 0 aliphatic heterocycles. The number of rotatable bonds is 6. The number of phenols is 1. The lowest BCUT2D eigenvalue weighted by Gasteiger charge is -2.16. The van der Waals surface area contributed by atoms with Gasteiger partial charge < -0.3 is 5.11 Å². The number of thiophene rings is 1. The second kappa shape index (κ2) is 8.69. The van der Waals surface area contributed by atoms with Crippen LogP contribution in [0.3, 0.4) is 0 Å². The zero-order valence-electron chi connectivity index (χ0n) is 15.8. The van der Waals surface area contributed by atoms with Gasteiger partial charge in [0.1, 0.15) is 5.75 Å². The van der Waals surface area contributed by atoms with Crippen molar-refractivity contribution in [3.63, 3.8) is 0 Å². The fourth-order valence-corrected chi connectivity index (χ4v) is 3.69. The molecule has 6 heteroatoms. The zero-order valence-corrected chi connectivity index (χ0v) is 17.3. The van der Waals surface area contributed by atoms with Crippen LogP contribution in [0, 0.1) is 0 Å². The lowest BCUT2D eigenvalue weighted by molar-refractivity contribution is 0.0952. The molecule has 0 spiro atoms. The molecule has 1 amide bonds. The number of carbonyl (C=O) groups excluding carboxylic acids is 1. The molecule has 2 aromatic rings. The summed E-state index contributed by atoms with van der Waals surface area (Å²) in [6, 6.07) is 7.40. The smallest absolute Gasteiger partial charge is 0.275 e. The van der Waals surface area contributed by atoms with Crippen LogP contribution in [0.1, 0.15) is 79.2 Å². The third kappa shape index (κ3) is 4.65. The Morgan fingerprint density at radius 1 is 1.23 bits per heavy atom. The lowest BCUT2D eigenvalue weighted by atomic mass is 9.92. The van der Waals surface area contributed by atoms with Crippen molar-refractivity contribution in [2.45, 2.75) is 52.9 Å². The van der Waals surface area contributed by atoms with E-state index in [-0.39, 0.29) is 23.1 Å². The molecule has 0 unspecified atom stereocenters. The van der Waals surface area contributed by atoms with Crippen molar-refractivity contribution < 1.29 is 9.90 Å². The average Bonchev–Trinajstić information content (AvgIpc) is 3.01. The number of hydrogen-bond donors (Lipinski definition) is 2. The Kier molecular flexibility index (Phi) is 6.84. The fourth-order valence-electron chi connectivity index (χ4n) is 2.58. The van der Waals surface area contributed by atoms with Crippen molar-refractivity contribution in [1.29, 1.82) is 0 Å². The van der Waals surface area contributed by atoms with Crippen LogP contribution in [0.5, 0.6) is 5.75 Å². The summed E-state index contributed by atoms with van der Waals surface area (Å²) in [5, 5.41) is 14.8. The van der Waals surface area contributed by atoms with E-state index >= 15 is 0 Å². The van der Waals surface area contributed by atoms with Gasteiger partial charge in [-0.25, -0.2) is 5.43 Å². The van der Waals surface area contributed by atoms with Crippen LogP contribution in [0.25, 0.3) is 0 Å². The number of nitrogens with zero attached hydrogens (tertiary/aromatic N) is 1. The van der Waals surface area contributed by atoms with Crippen molar-refractivity contribution in [2.24, 2.45) is 5.10 Å². The van der Waals surface area contributed by atoms with Gasteiger partial charge in [0, 0.05) is 0 Å². The molecular weight excluding hydrogens is 368 g/mol. The fraction of sp³-hybridized carbons (Fsp3) is 0.400. The molecule has 0 aliphatic rings. The Hall–Kier alpha value is -1.85. The molecule has 26 heavy (non-hydrogen) atoms. The van der Waals surface area contributed by atoms with Gasteiger partial charge >= 0.3 is 0 Å². The Labute approximate surface area is 163 Å². The van der Waals surface area contributed by atoms with E-state index in [0.717, 1.165) is 21.7 Å². The van der Waals surface area contributed by atoms with Gasteiger partial charge in [0.05, 0.1) is 20.5 Å². The SMILES string of the molecule is CCC(=NNC(=O)c1cc(C(C)C)cc(C(C)C)c1O)c1ccc(Cl)s1. The van der Waals surface area contributed by atoms with Crippen molar-refractivity contribution >= 4 is 34.6 Å². The van der Waals surface area contributed by atoms with Crippen LogP contribution in [-0.4, -0.2) is 16.7 Å². The number of nitrogens with one attached hydrogen (secondary N) is 1. The molecule has 0 saturated heterocycles. The topological polar surface area (TPSA) is 61.7 Å². The van der Waals surface area contributed by atoms with Gasteiger partial charge in [0.25, 0.3) is 5.91 Å². The molecule has 0 atom stereocenters. The highest BCUT2D eigenvalue weighted by Gasteiger charge is 2.19. The van der Waals surface area contributed by atoms with E-state index in [1.807, 2.05) is 32.9 Å². The number of carbonyl (C=O) groups is 1. The van der Waals surface area contributed by atoms with Crippen molar-refractivity contribution in [1.82, 2.24) is 5.43 Å². The Bertz CT molecular complexity index is 825. The maximum atomic E-state index is 12.7. The van der Waals surface area contributed by atoms with Crippen LogP contribution in [0.15, 0.2) is 29.4 Å². The monoisotopic (exact) mass is 392 g/mol. The molecule has 140 valence electrons. The predicted octanol–water partition coefficient (Wildman–Crippen LogP) is 5.90. The van der Waals surface area contributed by atoms with Crippen molar-refractivity contribution in [3.8, 4) is 5.75 Å². The summed E-state index contributed by atoms with van der Waals surface area (Å²) in [4.78, 5) is 13.6. The van der Waals surface area contributed by atoms with Crippen molar-refractivity contribution in [2.75, 3.05) is 0 Å². The number of hydrogen-bond acceptors (Lipinski definition) is 4. The van der Waals surface area contributed by atoms with E-state index in [9.17, 15) is 9.90 Å². The van der Waals surface area contributed by atoms with Crippen LogP contribution >= 0.6 is 22.9 Å². The molecule has 0 bridgehead atoms. The molecular formula is C20H25ClN2O2S. The Balaban J connectivity index is 2.35. The third-order valence-electron chi connectivity index (χ3n) is 4.18. The van der Waals surface area contributed by atoms with Gasteiger partial charge in [-0.2, -0.15) is 5.10 Å². The molecule has 1 aromatic carbocycles. The molecule has 0 aliphatic carbocycles. The quantitative estimate of drug-likeness (QED) is 0.475. The number of phenolic OH excluding ortho intramolecular Hbond substituents is 1. The van der Waals surface area contributed by atoms with E-state index in [0.29, 0.717) is 10.8 Å². The number of hydrazone groups is 1. The third-order valence-corrected chi connectivity index (χ3v) is 5.46. The minimum absolute atomic E-state index is 0.0225. The lowest BCUT2D eigenvalue weighted by Crippen LogP contribution is -2.20. The highest BCUT2D eigenvalue weighted by atomic mass is 35.5. The molecule has 0 saturated carbocycles. The second-order valence-electron chi connectivity index (χ2n) is 6.77. The van der Waals surface area contributed by atoms with Gasteiger partial charge in [-0.05, 0) is 47.6 Å². The Morgan fingerprint density at radius 3 is 2.42 bits per heavy atom. The maximum Gasteiger partial charge on any atom is 0.275 e. The zero-order chi connectivity index (χ0) is 19.4. The summed E-state index contributed by atoms with van der Waals surface area (Å²) in [5.74, 6) is -0.0272. The summed E-state index contributed by atoms with van der Waals surface area (Å²) in [6.07, 6.45) is 0.659. The summed E-state index contributed by atoms with van der Waals surface area (Å²) >= 11 is 7.40. The first-order valence-corrected chi connectivity index (χ1v) is 9.93. The normalized spacial score (nSPS) is 12.1. The minimum Gasteiger partial charge on any atom is -0.507 e. The first-order chi connectivity index (χ1) is 12.2. The molecule has 4 nitrogen and oxygen atoms in total. The summed E-state index contributed by atoms with van der Waals surface area (Å²) in [6.45, 7) is 10.1. The summed E-state index contributed by atoms with van der Waals surface area (Å²) < 4.78 is 0.677. The molecule has 1 heterocycles. The van der Waals surface area contributed by atoms with Gasteiger partial charge in [-0.1, -0.05) is 52.3 Å². The number of aromatic hydroxyl groups is 1. The van der Waals surface area contributed by atoms with Crippen LogP contribution in [0.2, 0.25) is 4.34 Å². The highest BCUT2D eigenvalue weighted by Crippen LogP contribution is 2.33. The molecule has 2 N–H and O–H groups in total. The first kappa shape index (κ1) is 20.5. The van der Waals surface area contributed by atoms with Crippen LogP contribution < -0.4 is 5.43 Å². The van der Waals surface area contributed by atoms with E-state index in [2.05, 4.69) is 24.4 Å². The van der Waals surface area contributed by atoms with Crippen molar-refractivity contribution in [3.05, 3.63) is 50.2 Å². The van der Waals surface area contributed by atoms with E-state index < -0.39 is 5.91 Å². The minimum atomic E-state index is -0.416. The van der Waals surface area contributed by atoms with E-state index in [1.165, 1.54) is 11.3 Å². The molecule has 0 fully saturated rings. The highest BCUT2D eigenvalue weighted by molar-refractivity contribution is 7.18. The van der Waals surface area contributed by atoms with Gasteiger partial charge in [-0.3, -0.25) is 4.79 Å². The van der Waals surface area contributed by atoms with Gasteiger partial charge in [0.2, 0.25) is 0 Å².